The minimum Gasteiger partial charge on any atom is -0.466 e. The summed E-state index contributed by atoms with van der Waals surface area (Å²) >= 11 is 0. The fraction of sp³-hybridized carbons (Fsp3) is 0.278. The van der Waals surface area contributed by atoms with Crippen LogP contribution in [0.3, 0.4) is 0 Å². The number of hydrogen-bond acceptors (Lipinski definition) is 6. The third-order valence-electron chi connectivity index (χ3n) is 4.44. The van der Waals surface area contributed by atoms with Gasteiger partial charge in [0.15, 0.2) is 0 Å². The van der Waals surface area contributed by atoms with E-state index >= 15 is 0 Å². The van der Waals surface area contributed by atoms with Gasteiger partial charge in [-0.1, -0.05) is 6.07 Å². The molecule has 0 radical (unpaired) electrons. The minimum absolute atomic E-state index is 0.416. The van der Waals surface area contributed by atoms with Crippen LogP contribution in [0.2, 0.25) is 0 Å². The zero-order valence-electron chi connectivity index (χ0n) is 14.7. The summed E-state index contributed by atoms with van der Waals surface area (Å²) < 4.78 is 31.4. The number of hydrazone groups is 1. The molecule has 4 rings (SSSR count). The average Bonchev–Trinajstić information content (AvgIpc) is 3.17. The second-order valence-corrected chi connectivity index (χ2v) is 8.27. The van der Waals surface area contributed by atoms with Crippen LogP contribution in [0.25, 0.3) is 11.0 Å². The quantitative estimate of drug-likeness (QED) is 0.707. The van der Waals surface area contributed by atoms with Crippen molar-refractivity contribution in [1.82, 2.24) is 14.4 Å². The first kappa shape index (κ1) is 16.7. The van der Waals surface area contributed by atoms with Crippen molar-refractivity contribution < 1.29 is 12.8 Å². The van der Waals surface area contributed by atoms with Gasteiger partial charge in [0.25, 0.3) is 0 Å². The molecule has 3 heterocycles. The Hall–Kier alpha value is -2.74. The van der Waals surface area contributed by atoms with Gasteiger partial charge in [0.1, 0.15) is 11.5 Å². The lowest BCUT2D eigenvalue weighted by Gasteiger charge is -2.21. The SMILES string of the molecule is Cc1cc(C2=NN(S(C)(=O)=O)C(c3ccc4nccnc4c3)C2)c(C)o1. The van der Waals surface area contributed by atoms with Crippen LogP contribution in [0.1, 0.15) is 35.1 Å². The molecule has 2 aromatic heterocycles. The lowest BCUT2D eigenvalue weighted by atomic mass is 9.99. The first-order valence-corrected chi connectivity index (χ1v) is 10.0. The van der Waals surface area contributed by atoms with Gasteiger partial charge in [-0.15, -0.1) is 0 Å². The zero-order valence-corrected chi connectivity index (χ0v) is 15.5. The van der Waals surface area contributed by atoms with Crippen molar-refractivity contribution in [1.29, 1.82) is 0 Å². The molecule has 0 bridgehead atoms. The van der Waals surface area contributed by atoms with E-state index < -0.39 is 16.1 Å². The van der Waals surface area contributed by atoms with E-state index in [2.05, 4.69) is 15.1 Å². The highest BCUT2D eigenvalue weighted by atomic mass is 32.2. The van der Waals surface area contributed by atoms with Crippen molar-refractivity contribution in [2.45, 2.75) is 26.3 Å². The van der Waals surface area contributed by atoms with Gasteiger partial charge in [0.2, 0.25) is 10.0 Å². The third-order valence-corrected chi connectivity index (χ3v) is 5.46. The number of fused-ring (bicyclic) bond motifs is 1. The average molecular weight is 370 g/mol. The molecule has 0 N–H and O–H groups in total. The molecule has 8 heteroatoms. The molecular weight excluding hydrogens is 352 g/mol. The summed E-state index contributed by atoms with van der Waals surface area (Å²) in [6.07, 6.45) is 4.89. The van der Waals surface area contributed by atoms with Crippen LogP contribution in [0.4, 0.5) is 0 Å². The maximum atomic E-state index is 12.3. The van der Waals surface area contributed by atoms with Crippen molar-refractivity contribution in [2.75, 3.05) is 6.26 Å². The smallest absolute Gasteiger partial charge is 0.247 e. The number of hydrogen-bond donors (Lipinski definition) is 0. The lowest BCUT2D eigenvalue weighted by molar-refractivity contribution is 0.375. The molecule has 0 saturated carbocycles. The Labute approximate surface area is 151 Å². The van der Waals surface area contributed by atoms with Gasteiger partial charge in [-0.05, 0) is 37.6 Å². The molecule has 7 nitrogen and oxygen atoms in total. The van der Waals surface area contributed by atoms with E-state index in [4.69, 9.17) is 4.42 Å². The highest BCUT2D eigenvalue weighted by Gasteiger charge is 2.35. The summed E-state index contributed by atoms with van der Waals surface area (Å²) in [6, 6.07) is 7.08. The number of aromatic nitrogens is 2. The molecule has 1 aliphatic rings. The number of sulfonamides is 1. The number of aryl methyl sites for hydroxylation is 2. The van der Waals surface area contributed by atoms with Crippen molar-refractivity contribution in [3.8, 4) is 0 Å². The zero-order chi connectivity index (χ0) is 18.5. The molecule has 0 amide bonds. The summed E-state index contributed by atoms with van der Waals surface area (Å²) in [5.41, 5.74) is 3.87. The maximum absolute atomic E-state index is 12.3. The molecule has 1 aliphatic heterocycles. The molecule has 1 atom stereocenters. The van der Waals surface area contributed by atoms with Crippen LogP contribution >= 0.6 is 0 Å². The maximum Gasteiger partial charge on any atom is 0.247 e. The monoisotopic (exact) mass is 370 g/mol. The number of furan rings is 1. The van der Waals surface area contributed by atoms with Crippen molar-refractivity contribution >= 4 is 26.8 Å². The third kappa shape index (κ3) is 2.86. The fourth-order valence-corrected chi connectivity index (χ4v) is 4.22. The summed E-state index contributed by atoms with van der Waals surface area (Å²) in [6.45, 7) is 3.72. The number of benzene rings is 1. The Bertz CT molecular complexity index is 1130. The molecule has 0 aliphatic carbocycles. The van der Waals surface area contributed by atoms with E-state index in [0.717, 1.165) is 33.7 Å². The molecule has 26 heavy (non-hydrogen) atoms. The van der Waals surface area contributed by atoms with E-state index in [9.17, 15) is 8.42 Å². The molecule has 3 aromatic rings. The predicted octanol–water partition coefficient (Wildman–Crippen LogP) is 2.95. The summed E-state index contributed by atoms with van der Waals surface area (Å²) in [5.74, 6) is 1.51. The van der Waals surface area contributed by atoms with Crippen LogP contribution < -0.4 is 0 Å². The second-order valence-electron chi connectivity index (χ2n) is 6.43. The molecule has 0 spiro atoms. The van der Waals surface area contributed by atoms with Crippen molar-refractivity contribution in [3.05, 3.63) is 59.3 Å². The first-order valence-electron chi connectivity index (χ1n) is 8.18. The molecule has 0 saturated heterocycles. The van der Waals surface area contributed by atoms with E-state index in [0.29, 0.717) is 12.1 Å². The summed E-state index contributed by atoms with van der Waals surface area (Å²) in [4.78, 5) is 8.57. The van der Waals surface area contributed by atoms with Crippen LogP contribution in [0.5, 0.6) is 0 Å². The summed E-state index contributed by atoms with van der Waals surface area (Å²) in [7, 11) is -3.52. The fourth-order valence-electron chi connectivity index (χ4n) is 3.31. The topological polar surface area (TPSA) is 88.7 Å². The first-order chi connectivity index (χ1) is 12.3. The highest BCUT2D eigenvalue weighted by Crippen LogP contribution is 2.36. The molecule has 0 fully saturated rings. The van der Waals surface area contributed by atoms with Gasteiger partial charge in [-0.2, -0.15) is 9.52 Å². The lowest BCUT2D eigenvalue weighted by Crippen LogP contribution is -2.25. The van der Waals surface area contributed by atoms with Gasteiger partial charge in [0.05, 0.1) is 29.0 Å². The van der Waals surface area contributed by atoms with Gasteiger partial charge in [0, 0.05) is 24.4 Å². The predicted molar refractivity (Wildman–Crippen MR) is 98.3 cm³/mol. The number of nitrogens with zero attached hydrogens (tertiary/aromatic N) is 4. The molecule has 134 valence electrons. The number of rotatable bonds is 3. The molecular formula is C18H18N4O3S. The largest absolute Gasteiger partial charge is 0.466 e. The van der Waals surface area contributed by atoms with Gasteiger partial charge in [-0.3, -0.25) is 9.97 Å². The van der Waals surface area contributed by atoms with Crippen LogP contribution in [0.15, 0.2) is 46.2 Å². The van der Waals surface area contributed by atoms with Crippen LogP contribution in [0, 0.1) is 13.8 Å². The van der Waals surface area contributed by atoms with Crippen LogP contribution in [-0.2, 0) is 10.0 Å². The van der Waals surface area contributed by atoms with E-state index in [1.807, 2.05) is 38.1 Å². The Morgan fingerprint density at radius 1 is 1.12 bits per heavy atom. The van der Waals surface area contributed by atoms with Gasteiger partial charge in [-0.25, -0.2) is 8.42 Å². The highest BCUT2D eigenvalue weighted by molar-refractivity contribution is 7.88. The molecule has 1 unspecified atom stereocenters. The van der Waals surface area contributed by atoms with E-state index in [-0.39, 0.29) is 0 Å². The van der Waals surface area contributed by atoms with Crippen molar-refractivity contribution in [2.24, 2.45) is 5.10 Å². The van der Waals surface area contributed by atoms with Gasteiger partial charge < -0.3 is 4.42 Å². The van der Waals surface area contributed by atoms with E-state index in [1.165, 1.54) is 10.7 Å². The second kappa shape index (κ2) is 5.91. The standard InChI is InChI=1S/C18H18N4O3S/c1-11-8-14(12(2)25-11)16-10-18(22(21-16)26(3,23)24)13-4-5-15-17(9-13)20-7-6-19-15/h4-9,18H,10H2,1-3H3. The van der Waals surface area contributed by atoms with Crippen LogP contribution in [-0.4, -0.2) is 34.8 Å². The Morgan fingerprint density at radius 2 is 1.85 bits per heavy atom. The molecule has 1 aromatic carbocycles. The Morgan fingerprint density at radius 3 is 2.50 bits per heavy atom. The van der Waals surface area contributed by atoms with Crippen molar-refractivity contribution in [3.63, 3.8) is 0 Å². The minimum atomic E-state index is -3.52. The summed E-state index contributed by atoms with van der Waals surface area (Å²) in [5, 5.41) is 4.41. The van der Waals surface area contributed by atoms with Gasteiger partial charge >= 0.3 is 0 Å². The normalized spacial score (nSPS) is 17.7. The Kier molecular flexibility index (Phi) is 3.80. The Balaban J connectivity index is 1.79. The van der Waals surface area contributed by atoms with E-state index in [1.54, 1.807) is 12.4 Å².